The normalized spacial score (nSPS) is 10.7. The molecule has 0 atom stereocenters. The fraction of sp³-hybridized carbons (Fsp3) is 0.562. The highest BCUT2D eigenvalue weighted by Crippen LogP contribution is 2.19. The van der Waals surface area contributed by atoms with E-state index in [9.17, 15) is 9.90 Å². The average molecular weight is 279 g/mol. The Morgan fingerprint density at radius 2 is 1.95 bits per heavy atom. The summed E-state index contributed by atoms with van der Waals surface area (Å²) >= 11 is 0. The highest BCUT2D eigenvalue weighted by molar-refractivity contribution is 5.79. The van der Waals surface area contributed by atoms with Crippen molar-refractivity contribution < 1.29 is 14.6 Å². The van der Waals surface area contributed by atoms with E-state index in [4.69, 9.17) is 4.74 Å². The summed E-state index contributed by atoms with van der Waals surface area (Å²) in [5, 5.41) is 9.17. The first kappa shape index (κ1) is 16.5. The summed E-state index contributed by atoms with van der Waals surface area (Å²) < 4.78 is 5.28. The number of hydrogen-bond acceptors (Lipinski definition) is 3. The Bertz CT molecular complexity index is 416. The van der Waals surface area contributed by atoms with Crippen molar-refractivity contribution in [1.82, 2.24) is 4.90 Å². The van der Waals surface area contributed by atoms with Gasteiger partial charge in [-0.15, -0.1) is 0 Å². The predicted molar refractivity (Wildman–Crippen MR) is 79.9 cm³/mol. The Morgan fingerprint density at radius 1 is 1.30 bits per heavy atom. The smallest absolute Gasteiger partial charge is 0.227 e. The molecule has 1 amide bonds. The summed E-state index contributed by atoms with van der Waals surface area (Å²) in [4.78, 5) is 14.3. The van der Waals surface area contributed by atoms with Crippen LogP contribution in [0.1, 0.15) is 32.3 Å². The van der Waals surface area contributed by atoms with Gasteiger partial charge in [0.15, 0.2) is 0 Å². The number of aliphatic hydroxyl groups is 1. The number of methoxy groups -OCH3 is 1. The van der Waals surface area contributed by atoms with Crippen LogP contribution in [-0.2, 0) is 11.2 Å². The van der Waals surface area contributed by atoms with Gasteiger partial charge in [0.1, 0.15) is 5.75 Å². The van der Waals surface area contributed by atoms with Crippen molar-refractivity contribution in [2.45, 2.75) is 39.2 Å². The lowest BCUT2D eigenvalue weighted by atomic mass is 10.1. The molecule has 4 nitrogen and oxygen atoms in total. The fourth-order valence-corrected chi connectivity index (χ4v) is 2.46. The van der Waals surface area contributed by atoms with Gasteiger partial charge in [-0.25, -0.2) is 0 Å². The van der Waals surface area contributed by atoms with Crippen LogP contribution in [-0.4, -0.2) is 42.2 Å². The minimum atomic E-state index is -0.00579. The average Bonchev–Trinajstić information content (AvgIpc) is 2.48. The number of rotatable bonds is 8. The first-order chi connectivity index (χ1) is 9.67. The molecule has 1 rings (SSSR count). The largest absolute Gasteiger partial charge is 0.496 e. The van der Waals surface area contributed by atoms with E-state index in [1.807, 2.05) is 24.3 Å². The Kier molecular flexibility index (Phi) is 7.09. The monoisotopic (exact) mass is 279 g/mol. The lowest BCUT2D eigenvalue weighted by Crippen LogP contribution is -2.42. The number of carbonyl (C=O) groups excluding carboxylic acids is 1. The quantitative estimate of drug-likeness (QED) is 0.794. The number of amides is 1. The van der Waals surface area contributed by atoms with Crippen LogP contribution < -0.4 is 4.74 Å². The van der Waals surface area contributed by atoms with Crippen molar-refractivity contribution >= 4 is 5.91 Å². The van der Waals surface area contributed by atoms with Gasteiger partial charge in [-0.05, 0) is 18.9 Å². The van der Waals surface area contributed by atoms with Gasteiger partial charge in [-0.1, -0.05) is 32.0 Å². The van der Waals surface area contributed by atoms with Crippen LogP contribution in [0.4, 0.5) is 0 Å². The molecule has 1 N–H and O–H groups in total. The molecule has 0 aliphatic carbocycles. The number of aliphatic hydroxyl groups excluding tert-OH is 1. The number of hydrogen-bond donors (Lipinski definition) is 1. The standard InChI is InChI=1S/C16H25NO3/c1-4-14(5-2)17(10-11-18)16(19)12-13-8-6-7-9-15(13)20-3/h6-9,14,18H,4-5,10-12H2,1-3H3. The maximum Gasteiger partial charge on any atom is 0.227 e. The van der Waals surface area contributed by atoms with Crippen LogP contribution in [0.2, 0.25) is 0 Å². The summed E-state index contributed by atoms with van der Waals surface area (Å²) in [6.45, 7) is 4.51. The predicted octanol–water partition coefficient (Wildman–Crippen LogP) is 2.25. The molecule has 0 aromatic heterocycles. The highest BCUT2D eigenvalue weighted by Gasteiger charge is 2.21. The molecule has 0 aliphatic rings. The summed E-state index contributed by atoms with van der Waals surface area (Å²) in [7, 11) is 1.61. The van der Waals surface area contributed by atoms with Gasteiger partial charge in [0.05, 0.1) is 20.1 Å². The maximum absolute atomic E-state index is 12.5. The maximum atomic E-state index is 12.5. The number of nitrogens with zero attached hydrogens (tertiary/aromatic N) is 1. The molecule has 20 heavy (non-hydrogen) atoms. The van der Waals surface area contributed by atoms with Crippen molar-refractivity contribution in [3.8, 4) is 5.75 Å². The van der Waals surface area contributed by atoms with E-state index in [1.165, 1.54) is 0 Å². The minimum absolute atomic E-state index is 0.00579. The Balaban J connectivity index is 2.85. The van der Waals surface area contributed by atoms with Gasteiger partial charge in [0.25, 0.3) is 0 Å². The molecular formula is C16H25NO3. The number of para-hydroxylation sites is 1. The van der Waals surface area contributed by atoms with Gasteiger partial charge in [-0.3, -0.25) is 4.79 Å². The third-order valence-electron chi connectivity index (χ3n) is 3.58. The van der Waals surface area contributed by atoms with Gasteiger partial charge >= 0.3 is 0 Å². The Hall–Kier alpha value is -1.55. The van der Waals surface area contributed by atoms with E-state index >= 15 is 0 Å². The van der Waals surface area contributed by atoms with Gasteiger partial charge < -0.3 is 14.7 Å². The first-order valence-corrected chi connectivity index (χ1v) is 7.20. The van der Waals surface area contributed by atoms with E-state index in [2.05, 4.69) is 13.8 Å². The molecular weight excluding hydrogens is 254 g/mol. The molecule has 0 saturated carbocycles. The van der Waals surface area contributed by atoms with Crippen molar-refractivity contribution in [3.63, 3.8) is 0 Å². The molecule has 0 spiro atoms. The van der Waals surface area contributed by atoms with Crippen LogP contribution in [0.5, 0.6) is 5.75 Å². The molecule has 1 aromatic rings. The zero-order chi connectivity index (χ0) is 15.0. The molecule has 0 fully saturated rings. The number of ether oxygens (including phenoxy) is 1. The lowest BCUT2D eigenvalue weighted by molar-refractivity contribution is -0.133. The number of carbonyl (C=O) groups is 1. The first-order valence-electron chi connectivity index (χ1n) is 7.20. The van der Waals surface area contributed by atoms with Crippen LogP contribution in [0.3, 0.4) is 0 Å². The molecule has 4 heteroatoms. The van der Waals surface area contributed by atoms with Crippen molar-refractivity contribution in [3.05, 3.63) is 29.8 Å². The molecule has 0 unspecified atom stereocenters. The van der Waals surface area contributed by atoms with E-state index in [-0.39, 0.29) is 18.6 Å². The van der Waals surface area contributed by atoms with Gasteiger partial charge in [0, 0.05) is 18.2 Å². The van der Waals surface area contributed by atoms with Gasteiger partial charge in [0.2, 0.25) is 5.91 Å². The van der Waals surface area contributed by atoms with Crippen molar-refractivity contribution in [2.24, 2.45) is 0 Å². The van der Waals surface area contributed by atoms with E-state index in [0.29, 0.717) is 13.0 Å². The molecule has 0 bridgehead atoms. The zero-order valence-electron chi connectivity index (χ0n) is 12.6. The second kappa shape index (κ2) is 8.59. The van der Waals surface area contributed by atoms with Gasteiger partial charge in [-0.2, -0.15) is 0 Å². The molecule has 0 aliphatic heterocycles. The Morgan fingerprint density at radius 3 is 2.50 bits per heavy atom. The number of benzene rings is 1. The topological polar surface area (TPSA) is 49.8 Å². The second-order valence-electron chi connectivity index (χ2n) is 4.77. The SMILES string of the molecule is CCC(CC)N(CCO)C(=O)Cc1ccccc1OC. The molecule has 0 radical (unpaired) electrons. The zero-order valence-corrected chi connectivity index (χ0v) is 12.6. The molecule has 112 valence electrons. The van der Waals surface area contributed by atoms with E-state index in [1.54, 1.807) is 12.0 Å². The fourth-order valence-electron chi connectivity index (χ4n) is 2.46. The lowest BCUT2D eigenvalue weighted by Gasteiger charge is -2.30. The van der Waals surface area contributed by atoms with E-state index in [0.717, 1.165) is 24.2 Å². The summed E-state index contributed by atoms with van der Waals surface area (Å²) in [6.07, 6.45) is 2.10. The molecule has 0 heterocycles. The summed E-state index contributed by atoms with van der Waals surface area (Å²) in [5.41, 5.74) is 0.883. The third-order valence-corrected chi connectivity index (χ3v) is 3.58. The highest BCUT2D eigenvalue weighted by atomic mass is 16.5. The minimum Gasteiger partial charge on any atom is -0.496 e. The van der Waals surface area contributed by atoms with Crippen molar-refractivity contribution in [1.29, 1.82) is 0 Å². The Labute approximate surface area is 121 Å². The molecule has 1 aromatic carbocycles. The summed E-state index contributed by atoms with van der Waals surface area (Å²) in [5.74, 6) is 0.770. The second-order valence-corrected chi connectivity index (χ2v) is 4.77. The third kappa shape index (κ3) is 4.23. The van der Waals surface area contributed by atoms with Crippen molar-refractivity contribution in [2.75, 3.05) is 20.3 Å². The van der Waals surface area contributed by atoms with Crippen LogP contribution in [0.25, 0.3) is 0 Å². The summed E-state index contributed by atoms with van der Waals surface area (Å²) in [6, 6.07) is 7.73. The van der Waals surface area contributed by atoms with Crippen LogP contribution in [0.15, 0.2) is 24.3 Å². The van der Waals surface area contributed by atoms with Crippen LogP contribution >= 0.6 is 0 Å². The molecule has 0 saturated heterocycles. The van der Waals surface area contributed by atoms with Crippen LogP contribution in [0, 0.1) is 0 Å². The van der Waals surface area contributed by atoms with E-state index < -0.39 is 0 Å².